The van der Waals surface area contributed by atoms with E-state index >= 15 is 0 Å². The Balaban J connectivity index is 0.000000201. The summed E-state index contributed by atoms with van der Waals surface area (Å²) in [4.78, 5) is 79.6. The minimum absolute atomic E-state index is 0.0784. The van der Waals surface area contributed by atoms with E-state index in [-0.39, 0.29) is 53.7 Å². The van der Waals surface area contributed by atoms with Crippen molar-refractivity contribution in [3.8, 4) is 52.5 Å². The Kier molecular flexibility index (Phi) is 38.5. The molecule has 0 aliphatic carbocycles. The van der Waals surface area contributed by atoms with Gasteiger partial charge in [0.1, 0.15) is 47.7 Å². The molecule has 6 aliphatic heterocycles. The van der Waals surface area contributed by atoms with Crippen LogP contribution >= 0.6 is 0 Å². The molecule has 9 N–H and O–H groups in total. The largest absolute Gasteiger partial charge is 0.494 e. The van der Waals surface area contributed by atoms with Gasteiger partial charge in [-0.15, -0.1) is 0 Å². The highest BCUT2D eigenvalue weighted by Gasteiger charge is 2.28. The summed E-state index contributed by atoms with van der Waals surface area (Å²) >= 11 is 0. The standard InChI is InChI=1S/C33H47N7O4.C31H43N7O4.C30H41N7O6/c1-7-42-32-38-30-34-21-24-12-15-26(16-13-24)43-18-10-8-9-11-19-44-28-20-25(36-31(37-30)39-32)14-17-27(28)29(41)35-22-33(2,3)23-40(4,5)6;1-5-40-31-36-29-33-22-23-11-14-25(15-12-23)41-19-8-6-7-9-20-42-27-21-24(34-30(35-29)37-31)13-16-26(27)28(39)32-17-10-18-38(2,3)4;1-5-41-30-35-28-32-21-22-6-9-24(10-7-22)42-18-16-39-14-15-40-17-19-43-26-20-23(33-29(34-28)36-30)8-11-25(26)27(38)31-12-13-37(2,3)4/h12-17,20H,7-11,18-19,21-23H2,1-6H3,(H2-,34,35,36,37,38,39,41);11-16,21H,5-10,17-20,22H2,1-4H3,(H2-,32,33,34,35,36,37,39);6-11,20H,5,12-19,21H2,1-4H3,(H2-,31,32,33,34,35,36,38)/p+3. The Morgan fingerprint density at radius 2 is 0.674 bits per heavy atom. The number of nitrogens with one attached hydrogen (secondary N) is 9. The highest BCUT2D eigenvalue weighted by Crippen LogP contribution is 2.32. The van der Waals surface area contributed by atoms with Crippen molar-refractivity contribution in [3.63, 3.8) is 0 Å². The average molecular weight is 1780 g/mol. The van der Waals surface area contributed by atoms with Gasteiger partial charge in [-0.3, -0.25) is 14.4 Å². The molecule has 696 valence electrons. The van der Waals surface area contributed by atoms with Crippen LogP contribution in [-0.2, 0) is 29.1 Å². The molecule has 9 aromatic rings. The van der Waals surface area contributed by atoms with E-state index in [1.165, 1.54) is 0 Å². The summed E-state index contributed by atoms with van der Waals surface area (Å²) in [5.41, 5.74) is 6.46. The van der Waals surface area contributed by atoms with Crippen molar-refractivity contribution in [1.29, 1.82) is 0 Å². The number of likely N-dealkylation sites (N-methyl/N-ethyl adjacent to an activating group) is 1. The van der Waals surface area contributed by atoms with E-state index in [4.69, 9.17) is 52.1 Å². The Hall–Kier alpha value is -12.4. The molecule has 0 saturated heterocycles. The Morgan fingerprint density at radius 3 is 1.03 bits per heavy atom. The number of hydrogen-bond acceptors (Lipinski definition) is 29. The minimum atomic E-state index is -0.220. The lowest BCUT2D eigenvalue weighted by Crippen LogP contribution is -2.47. The number of benzene rings is 6. The van der Waals surface area contributed by atoms with Crippen molar-refractivity contribution >= 4 is 70.5 Å². The number of ether oxygens (including phenoxy) is 11. The van der Waals surface area contributed by atoms with Crippen LogP contribution < -0.4 is 90.5 Å². The maximum Gasteiger partial charge on any atom is 0.323 e. The first-order valence-corrected chi connectivity index (χ1v) is 44.6. The first-order valence-electron chi connectivity index (χ1n) is 44.6. The molecule has 9 heterocycles. The zero-order valence-electron chi connectivity index (χ0n) is 77.6. The molecular formula is C94H134N21O14+3. The fraction of sp³-hybridized carbons (Fsp3) is 0.489. The van der Waals surface area contributed by atoms with Crippen molar-refractivity contribution in [2.24, 2.45) is 5.41 Å². The molecule has 0 spiro atoms. The number of carbonyl (C=O) groups excluding carboxylic acids is 3. The number of anilines is 9. The molecule has 0 saturated carbocycles. The first-order chi connectivity index (χ1) is 62.1. The molecule has 0 atom stereocenters. The molecule has 0 fully saturated rings. The van der Waals surface area contributed by atoms with Crippen LogP contribution in [0, 0.1) is 5.41 Å². The Labute approximate surface area is 758 Å². The van der Waals surface area contributed by atoms with Crippen LogP contribution in [0.15, 0.2) is 127 Å². The van der Waals surface area contributed by atoms with Gasteiger partial charge in [0.2, 0.25) is 35.7 Å². The summed E-state index contributed by atoms with van der Waals surface area (Å²) in [5.74, 6) is 5.33. The van der Waals surface area contributed by atoms with Gasteiger partial charge >= 0.3 is 18.0 Å². The van der Waals surface area contributed by atoms with Crippen molar-refractivity contribution in [2.45, 2.75) is 112 Å². The zero-order valence-corrected chi connectivity index (χ0v) is 77.6. The third-order valence-corrected chi connectivity index (χ3v) is 19.7. The average Bonchev–Trinajstić information content (AvgIpc) is 0.911. The molecule has 129 heavy (non-hydrogen) atoms. The Morgan fingerprint density at radius 1 is 0.357 bits per heavy atom. The molecule has 6 aliphatic rings. The number of hydrogen-bond donors (Lipinski definition) is 9. The van der Waals surface area contributed by atoms with Crippen LogP contribution in [0.4, 0.5) is 52.8 Å². The lowest BCUT2D eigenvalue weighted by atomic mass is 9.92. The van der Waals surface area contributed by atoms with Crippen LogP contribution in [0.5, 0.6) is 52.5 Å². The summed E-state index contributed by atoms with van der Waals surface area (Å²) in [6.07, 6.45) is 8.62. The third kappa shape index (κ3) is 36.3. The number of fused-ring (bicyclic) bond motifs is 32. The van der Waals surface area contributed by atoms with Gasteiger partial charge < -0.3 is 113 Å². The normalized spacial score (nSPS) is 14.6. The molecule has 0 radical (unpaired) electrons. The number of quaternary nitrogens is 3. The zero-order chi connectivity index (χ0) is 91.9. The van der Waals surface area contributed by atoms with Crippen LogP contribution in [0.1, 0.15) is 140 Å². The van der Waals surface area contributed by atoms with Crippen LogP contribution in [0.2, 0.25) is 0 Å². The molecule has 15 rings (SSSR count). The monoisotopic (exact) mass is 1780 g/mol. The lowest BCUT2D eigenvalue weighted by Gasteiger charge is -2.34. The fourth-order valence-electron chi connectivity index (χ4n) is 13.6. The summed E-state index contributed by atoms with van der Waals surface area (Å²) in [7, 11) is 19.1. The summed E-state index contributed by atoms with van der Waals surface area (Å²) in [6, 6.07) is 40.4. The van der Waals surface area contributed by atoms with Crippen LogP contribution in [0.3, 0.4) is 0 Å². The third-order valence-electron chi connectivity index (χ3n) is 19.7. The summed E-state index contributed by atoms with van der Waals surface area (Å²) < 4.78 is 66.5. The van der Waals surface area contributed by atoms with Gasteiger partial charge in [-0.25, -0.2) is 0 Å². The van der Waals surface area contributed by atoms with Crippen molar-refractivity contribution in [1.82, 2.24) is 60.8 Å². The van der Waals surface area contributed by atoms with E-state index in [1.54, 1.807) is 30.3 Å². The number of aromatic nitrogens is 9. The van der Waals surface area contributed by atoms with Crippen molar-refractivity contribution in [2.75, 3.05) is 220 Å². The molecule has 18 bridgehead atoms. The topological polar surface area (TPSA) is 377 Å². The molecule has 35 heteroatoms. The smallest absolute Gasteiger partial charge is 0.323 e. The van der Waals surface area contributed by atoms with Gasteiger partial charge in [0.15, 0.2) is 0 Å². The minimum Gasteiger partial charge on any atom is -0.494 e. The number of amides is 3. The number of rotatable bonds is 20. The second-order valence-corrected chi connectivity index (χ2v) is 34.9. The second kappa shape index (κ2) is 50.3. The van der Waals surface area contributed by atoms with E-state index in [0.717, 1.165) is 125 Å². The molecule has 3 amide bonds. The maximum atomic E-state index is 13.4. The number of carbonyl (C=O) groups is 3. The quantitative estimate of drug-likeness (QED) is 0.0194. The molecule has 35 nitrogen and oxygen atoms in total. The molecule has 0 unspecified atom stereocenters. The van der Waals surface area contributed by atoms with Crippen LogP contribution in [0.25, 0.3) is 0 Å². The van der Waals surface area contributed by atoms with Gasteiger partial charge in [-0.1, -0.05) is 50.2 Å². The van der Waals surface area contributed by atoms with E-state index < -0.39 is 0 Å². The van der Waals surface area contributed by atoms with E-state index in [2.05, 4.69) is 170 Å². The van der Waals surface area contributed by atoms with Gasteiger partial charge in [-0.05, 0) is 162 Å². The lowest BCUT2D eigenvalue weighted by molar-refractivity contribution is -0.876. The molecule has 3 aromatic heterocycles. The van der Waals surface area contributed by atoms with E-state index in [9.17, 15) is 14.4 Å². The van der Waals surface area contributed by atoms with Gasteiger partial charge in [0, 0.05) is 79.8 Å². The number of nitrogens with zero attached hydrogens (tertiary/aromatic N) is 12. The molecule has 6 aromatic carbocycles. The highest BCUT2D eigenvalue weighted by molar-refractivity contribution is 5.99. The second-order valence-electron chi connectivity index (χ2n) is 34.9. The predicted molar refractivity (Wildman–Crippen MR) is 499 cm³/mol. The van der Waals surface area contributed by atoms with E-state index in [0.29, 0.717) is 199 Å². The summed E-state index contributed by atoms with van der Waals surface area (Å²) in [5, 5.41) is 28.6. The van der Waals surface area contributed by atoms with Gasteiger partial charge in [0.25, 0.3) is 17.7 Å². The Bertz CT molecular complexity index is 4960. The molecular weight excluding hydrogens is 1650 g/mol. The van der Waals surface area contributed by atoms with E-state index in [1.807, 2.05) is 118 Å². The SMILES string of the molecule is CCOc1nc2nc(n1)Nc1ccc(C(=O)NCC(C)(C)C[N+](C)(C)C)c(c1)OCCCCCCOc1ccc(cc1)CN2.CCOc1nc2nc(n1)Nc1ccc(C(=O)NCCC[N+](C)(C)C)c(c1)OCCCCCCOc1ccc(cc1)CN2.CCOc1nc2nc(n1)Nc1ccc(C(=O)NCC[N+](C)(C)C)c(c1)OCCOCCOCCOc1ccc(cc1)CN2. The van der Waals surface area contributed by atoms with Crippen molar-refractivity contribution in [3.05, 3.63) is 161 Å². The van der Waals surface area contributed by atoms with Crippen LogP contribution in [-0.4, -0.2) is 265 Å². The predicted octanol–water partition coefficient (Wildman–Crippen LogP) is 13.1. The fourth-order valence-corrected chi connectivity index (χ4v) is 13.6. The van der Waals surface area contributed by atoms with Crippen molar-refractivity contribution < 1.29 is 79.9 Å². The first kappa shape index (κ1) is 98.7. The van der Waals surface area contributed by atoms with Gasteiger partial charge in [0.05, 0.1) is 179 Å². The highest BCUT2D eigenvalue weighted by atomic mass is 16.6. The van der Waals surface area contributed by atoms with Gasteiger partial charge in [-0.2, -0.15) is 44.9 Å². The summed E-state index contributed by atoms with van der Waals surface area (Å²) in [6.45, 7) is 21.6. The maximum absolute atomic E-state index is 13.4.